The van der Waals surface area contributed by atoms with E-state index in [1.807, 2.05) is 24.3 Å². The lowest BCUT2D eigenvalue weighted by Crippen LogP contribution is -2.14. The van der Waals surface area contributed by atoms with Gasteiger partial charge in [0.2, 0.25) is 5.91 Å². The van der Waals surface area contributed by atoms with Crippen LogP contribution in [-0.2, 0) is 11.2 Å². The van der Waals surface area contributed by atoms with Crippen molar-refractivity contribution in [1.29, 1.82) is 0 Å². The molecule has 2 aromatic carbocycles. The quantitative estimate of drug-likeness (QED) is 0.789. The van der Waals surface area contributed by atoms with Crippen LogP contribution in [0.4, 0.5) is 5.69 Å². The van der Waals surface area contributed by atoms with Gasteiger partial charge in [0.05, 0.1) is 12.5 Å². The first-order valence-corrected chi connectivity index (χ1v) is 7.57. The van der Waals surface area contributed by atoms with Gasteiger partial charge in [0, 0.05) is 9.26 Å². The number of aryl methyl sites for hydroxylation is 1. The van der Waals surface area contributed by atoms with Gasteiger partial charge in [-0.1, -0.05) is 30.3 Å². The lowest BCUT2D eigenvalue weighted by molar-refractivity contribution is -0.115. The molecule has 3 nitrogen and oxygen atoms in total. The van der Waals surface area contributed by atoms with E-state index in [1.165, 1.54) is 9.13 Å². The highest BCUT2D eigenvalue weighted by molar-refractivity contribution is 14.1. The molecule has 1 aliphatic rings. The van der Waals surface area contributed by atoms with E-state index in [4.69, 9.17) is 5.73 Å². The van der Waals surface area contributed by atoms with Crippen molar-refractivity contribution in [2.75, 3.05) is 5.32 Å². The largest absolute Gasteiger partial charge is 0.326 e. The van der Waals surface area contributed by atoms with Crippen LogP contribution >= 0.6 is 22.6 Å². The lowest BCUT2D eigenvalue weighted by Gasteiger charge is -2.16. The van der Waals surface area contributed by atoms with Gasteiger partial charge in [-0.2, -0.15) is 0 Å². The summed E-state index contributed by atoms with van der Waals surface area (Å²) in [7, 11) is 0. The molecule has 20 heavy (non-hydrogen) atoms. The summed E-state index contributed by atoms with van der Waals surface area (Å²) in [5.41, 5.74) is 11.8. The number of carbonyl (C=O) groups excluding carboxylic acids is 1. The maximum atomic E-state index is 11.4. The van der Waals surface area contributed by atoms with Gasteiger partial charge in [0.15, 0.2) is 0 Å². The average Bonchev–Trinajstić information content (AvgIpc) is 2.80. The van der Waals surface area contributed by atoms with Crippen LogP contribution < -0.4 is 11.1 Å². The third-order valence-corrected chi connectivity index (χ3v) is 5.14. The van der Waals surface area contributed by atoms with Crippen molar-refractivity contribution in [2.45, 2.75) is 19.4 Å². The zero-order valence-electron chi connectivity index (χ0n) is 11.1. The summed E-state index contributed by atoms with van der Waals surface area (Å²) in [5, 5.41) is 2.84. The predicted molar refractivity (Wildman–Crippen MR) is 88.7 cm³/mol. The molecule has 0 spiro atoms. The highest BCUT2D eigenvalue weighted by Gasteiger charge is 2.20. The van der Waals surface area contributed by atoms with E-state index in [0.717, 1.165) is 22.4 Å². The standard InChI is InChI=1S/C16H15IN2O/c1-9-3-2-4-12(15(9)17)16(18)10-5-6-13-11(7-10)8-14(20)19-13/h2-7,16H,8,18H2,1H3,(H,19,20). The molecule has 2 aromatic rings. The molecular weight excluding hydrogens is 363 g/mol. The first-order chi connectivity index (χ1) is 9.56. The fraction of sp³-hybridized carbons (Fsp3) is 0.188. The van der Waals surface area contributed by atoms with E-state index in [9.17, 15) is 4.79 Å². The van der Waals surface area contributed by atoms with E-state index < -0.39 is 0 Å². The minimum atomic E-state index is -0.164. The normalized spacial score (nSPS) is 14.8. The molecule has 0 saturated carbocycles. The smallest absolute Gasteiger partial charge is 0.228 e. The molecule has 0 aromatic heterocycles. The van der Waals surface area contributed by atoms with Crippen LogP contribution in [0.2, 0.25) is 0 Å². The fourth-order valence-electron chi connectivity index (χ4n) is 2.53. The molecule has 0 bridgehead atoms. The summed E-state index contributed by atoms with van der Waals surface area (Å²) in [6.07, 6.45) is 0.445. The first kappa shape index (κ1) is 13.6. The minimum Gasteiger partial charge on any atom is -0.326 e. The van der Waals surface area contributed by atoms with E-state index in [1.54, 1.807) is 0 Å². The molecule has 1 unspecified atom stereocenters. The van der Waals surface area contributed by atoms with E-state index in [2.05, 4.69) is 47.0 Å². The van der Waals surface area contributed by atoms with E-state index >= 15 is 0 Å². The van der Waals surface area contributed by atoms with Gasteiger partial charge in [-0.3, -0.25) is 4.79 Å². The molecule has 0 saturated heterocycles. The van der Waals surface area contributed by atoms with Gasteiger partial charge in [-0.15, -0.1) is 0 Å². The van der Waals surface area contributed by atoms with Crippen molar-refractivity contribution in [3.8, 4) is 0 Å². The Morgan fingerprint density at radius 2 is 2.10 bits per heavy atom. The Morgan fingerprint density at radius 1 is 1.30 bits per heavy atom. The van der Waals surface area contributed by atoms with Crippen molar-refractivity contribution in [3.05, 3.63) is 62.2 Å². The number of rotatable bonds is 2. The number of benzene rings is 2. The molecule has 0 fully saturated rings. The van der Waals surface area contributed by atoms with Gasteiger partial charge in [0.1, 0.15) is 0 Å². The van der Waals surface area contributed by atoms with Crippen molar-refractivity contribution >= 4 is 34.2 Å². The number of nitrogens with one attached hydrogen (secondary N) is 1. The molecule has 102 valence electrons. The topological polar surface area (TPSA) is 55.1 Å². The second kappa shape index (κ2) is 5.18. The lowest BCUT2D eigenvalue weighted by atomic mass is 9.96. The van der Waals surface area contributed by atoms with Gasteiger partial charge in [-0.05, 0) is 57.8 Å². The zero-order valence-corrected chi connectivity index (χ0v) is 13.3. The molecule has 1 aliphatic heterocycles. The van der Waals surface area contributed by atoms with Crippen LogP contribution in [0.1, 0.15) is 28.3 Å². The average molecular weight is 378 g/mol. The maximum absolute atomic E-state index is 11.4. The Labute approximate surface area is 131 Å². The fourth-order valence-corrected chi connectivity index (χ4v) is 3.23. The van der Waals surface area contributed by atoms with Crippen LogP contribution in [0.5, 0.6) is 0 Å². The van der Waals surface area contributed by atoms with Crippen molar-refractivity contribution in [3.63, 3.8) is 0 Å². The third-order valence-electron chi connectivity index (χ3n) is 3.67. The Balaban J connectivity index is 1.99. The Morgan fingerprint density at radius 3 is 2.90 bits per heavy atom. The number of hydrogen-bond acceptors (Lipinski definition) is 2. The van der Waals surface area contributed by atoms with Crippen molar-refractivity contribution < 1.29 is 4.79 Å². The molecule has 1 heterocycles. The summed E-state index contributed by atoms with van der Waals surface area (Å²) in [6, 6.07) is 12.0. The number of halogens is 1. The number of amides is 1. The maximum Gasteiger partial charge on any atom is 0.228 e. The van der Waals surface area contributed by atoms with Crippen LogP contribution in [-0.4, -0.2) is 5.91 Å². The molecule has 4 heteroatoms. The number of fused-ring (bicyclic) bond motifs is 1. The molecule has 1 amide bonds. The van der Waals surface area contributed by atoms with Crippen molar-refractivity contribution in [1.82, 2.24) is 0 Å². The Kier molecular flexibility index (Phi) is 3.52. The van der Waals surface area contributed by atoms with Gasteiger partial charge >= 0.3 is 0 Å². The van der Waals surface area contributed by atoms with Gasteiger partial charge in [0.25, 0.3) is 0 Å². The second-order valence-electron chi connectivity index (χ2n) is 5.10. The van der Waals surface area contributed by atoms with E-state index in [-0.39, 0.29) is 11.9 Å². The van der Waals surface area contributed by atoms with Crippen LogP contribution in [0.3, 0.4) is 0 Å². The number of anilines is 1. The highest BCUT2D eigenvalue weighted by atomic mass is 127. The van der Waals surface area contributed by atoms with Crippen molar-refractivity contribution in [2.24, 2.45) is 5.73 Å². The minimum absolute atomic E-state index is 0.0517. The van der Waals surface area contributed by atoms with Crippen LogP contribution in [0, 0.1) is 10.5 Å². The SMILES string of the molecule is Cc1cccc(C(N)c2ccc3c(c2)CC(=O)N3)c1I. The third kappa shape index (κ3) is 2.33. The summed E-state index contributed by atoms with van der Waals surface area (Å²) in [4.78, 5) is 11.4. The highest BCUT2D eigenvalue weighted by Crippen LogP contribution is 2.30. The second-order valence-corrected chi connectivity index (χ2v) is 6.18. The van der Waals surface area contributed by atoms with E-state index in [0.29, 0.717) is 6.42 Å². The zero-order chi connectivity index (χ0) is 14.3. The summed E-state index contributed by atoms with van der Waals surface area (Å²) in [5.74, 6) is 0.0517. The number of carbonyl (C=O) groups is 1. The van der Waals surface area contributed by atoms with Gasteiger partial charge in [-0.25, -0.2) is 0 Å². The number of hydrogen-bond donors (Lipinski definition) is 2. The molecule has 3 N–H and O–H groups in total. The van der Waals surface area contributed by atoms with Crippen LogP contribution in [0.25, 0.3) is 0 Å². The molecule has 1 atom stereocenters. The molecule has 0 aliphatic carbocycles. The van der Waals surface area contributed by atoms with Crippen LogP contribution in [0.15, 0.2) is 36.4 Å². The molecule has 0 radical (unpaired) electrons. The first-order valence-electron chi connectivity index (χ1n) is 6.49. The summed E-state index contributed by atoms with van der Waals surface area (Å²) < 4.78 is 1.20. The Hall–Kier alpha value is -1.40. The molecular formula is C16H15IN2O. The summed E-state index contributed by atoms with van der Waals surface area (Å²) >= 11 is 2.34. The predicted octanol–water partition coefficient (Wildman–Crippen LogP) is 3.14. The Bertz CT molecular complexity index is 697. The van der Waals surface area contributed by atoms with Gasteiger partial charge < -0.3 is 11.1 Å². The summed E-state index contributed by atoms with van der Waals surface area (Å²) in [6.45, 7) is 2.09. The monoisotopic (exact) mass is 378 g/mol. The molecule has 3 rings (SSSR count). The number of nitrogens with two attached hydrogens (primary N) is 1.